The van der Waals surface area contributed by atoms with Gasteiger partial charge < -0.3 is 25.2 Å². The van der Waals surface area contributed by atoms with Gasteiger partial charge in [-0.1, -0.05) is 30.2 Å². The summed E-state index contributed by atoms with van der Waals surface area (Å²) in [6.45, 7) is 8.78. The summed E-state index contributed by atoms with van der Waals surface area (Å²) in [6, 6.07) is 0. The molecule has 0 amide bonds. The van der Waals surface area contributed by atoms with Crippen LogP contribution in [-0.4, -0.2) is 61.2 Å². The van der Waals surface area contributed by atoms with Crippen molar-refractivity contribution in [3.05, 3.63) is 34.9 Å². The molecule has 4 N–H and O–H groups in total. The van der Waals surface area contributed by atoms with Gasteiger partial charge in [0, 0.05) is 23.8 Å². The summed E-state index contributed by atoms with van der Waals surface area (Å²) in [5.41, 5.74) is -5.25. The number of fused-ring (bicyclic) bond motifs is 5. The standard InChI is InChI=1S/C29H40O7/c1-6-27-13-12-19-20(11-10-18-8-7-9-21(30)25(18,19)4)29(27,35)22(31)15-28(27,34)26(5,33)23-14-16(2)17(3)24(32)36-23/h7,9-10,19-20,22-23,31,33-35H,6,8,11-15H2,1-5H3/t19-,20+,22-,23+,25-,26-,27+,28+,29-/m0/s1. The zero-order valence-corrected chi connectivity index (χ0v) is 22.0. The highest BCUT2D eigenvalue weighted by atomic mass is 16.6. The maximum Gasteiger partial charge on any atom is 0.334 e. The molecule has 0 radical (unpaired) electrons. The van der Waals surface area contributed by atoms with Crippen molar-refractivity contribution in [1.82, 2.24) is 0 Å². The molecule has 198 valence electrons. The lowest BCUT2D eigenvalue weighted by molar-refractivity contribution is -0.290. The average molecular weight is 501 g/mol. The van der Waals surface area contributed by atoms with Crippen LogP contribution in [0.2, 0.25) is 0 Å². The van der Waals surface area contributed by atoms with E-state index in [0.29, 0.717) is 37.7 Å². The highest BCUT2D eigenvalue weighted by Crippen LogP contribution is 2.71. The molecule has 7 nitrogen and oxygen atoms in total. The minimum absolute atomic E-state index is 0.0174. The summed E-state index contributed by atoms with van der Waals surface area (Å²) in [5, 5.41) is 48.6. The van der Waals surface area contributed by atoms with Crippen molar-refractivity contribution in [1.29, 1.82) is 0 Å². The average Bonchev–Trinajstić information content (AvgIpc) is 3.01. The van der Waals surface area contributed by atoms with Gasteiger partial charge in [-0.25, -0.2) is 4.79 Å². The van der Waals surface area contributed by atoms with Crippen LogP contribution >= 0.6 is 0 Å². The van der Waals surface area contributed by atoms with E-state index < -0.39 is 51.7 Å². The molecule has 9 atom stereocenters. The van der Waals surface area contributed by atoms with Crippen molar-refractivity contribution in [2.45, 2.75) is 109 Å². The predicted molar refractivity (Wildman–Crippen MR) is 133 cm³/mol. The van der Waals surface area contributed by atoms with Crippen molar-refractivity contribution in [2.75, 3.05) is 0 Å². The Kier molecular flexibility index (Phi) is 5.64. The van der Waals surface area contributed by atoms with Gasteiger partial charge in [0.05, 0.1) is 11.5 Å². The Morgan fingerprint density at radius 1 is 1.19 bits per heavy atom. The highest BCUT2D eigenvalue weighted by Gasteiger charge is 2.80. The SMILES string of the molecule is CC[C@]12CC[C@H]3[C@@H](CC=C4CC=CC(=O)[C@@]43C)[C@]1(O)[C@@H](O)C[C@@]2(O)[C@@](C)(O)[C@H]1CC(C)=C(C)C(=O)O1. The number of allylic oxidation sites excluding steroid dienone is 4. The first-order chi connectivity index (χ1) is 16.7. The van der Waals surface area contributed by atoms with E-state index in [9.17, 15) is 30.0 Å². The summed E-state index contributed by atoms with van der Waals surface area (Å²) in [7, 11) is 0. The molecule has 5 rings (SSSR count). The van der Waals surface area contributed by atoms with Crippen LogP contribution in [0.5, 0.6) is 0 Å². The minimum atomic E-state index is -1.93. The fourth-order valence-electron chi connectivity index (χ4n) is 8.94. The fourth-order valence-corrected chi connectivity index (χ4v) is 8.94. The quantitative estimate of drug-likeness (QED) is 0.347. The van der Waals surface area contributed by atoms with Crippen molar-refractivity contribution < 1.29 is 34.8 Å². The number of ketones is 1. The first-order valence-corrected chi connectivity index (χ1v) is 13.4. The monoisotopic (exact) mass is 500 g/mol. The van der Waals surface area contributed by atoms with Crippen LogP contribution in [0.4, 0.5) is 0 Å². The molecular formula is C29H40O7. The van der Waals surface area contributed by atoms with Gasteiger partial charge in [-0.15, -0.1) is 0 Å². The number of aliphatic hydroxyl groups is 4. The van der Waals surface area contributed by atoms with Crippen LogP contribution in [0.15, 0.2) is 34.9 Å². The molecule has 7 heteroatoms. The largest absolute Gasteiger partial charge is 0.455 e. The first-order valence-electron chi connectivity index (χ1n) is 13.4. The Morgan fingerprint density at radius 3 is 2.53 bits per heavy atom. The second kappa shape index (κ2) is 7.85. The van der Waals surface area contributed by atoms with Crippen LogP contribution in [0.1, 0.15) is 79.6 Å². The van der Waals surface area contributed by atoms with Gasteiger partial charge in [-0.05, 0) is 77.7 Å². The Morgan fingerprint density at radius 2 is 1.89 bits per heavy atom. The molecule has 0 spiro atoms. The van der Waals surface area contributed by atoms with Crippen molar-refractivity contribution in [3.8, 4) is 0 Å². The van der Waals surface area contributed by atoms with Crippen LogP contribution < -0.4 is 0 Å². The zero-order valence-electron chi connectivity index (χ0n) is 22.0. The van der Waals surface area contributed by atoms with Crippen molar-refractivity contribution >= 4 is 11.8 Å². The zero-order chi connectivity index (χ0) is 26.5. The summed E-state index contributed by atoms with van der Waals surface area (Å²) < 4.78 is 5.62. The third kappa shape index (κ3) is 2.78. The Hall–Kier alpha value is -1.80. The Labute approximate surface area is 212 Å². The van der Waals surface area contributed by atoms with Crippen LogP contribution in [0.25, 0.3) is 0 Å². The van der Waals surface area contributed by atoms with E-state index in [4.69, 9.17) is 4.74 Å². The molecule has 0 unspecified atom stereocenters. The van der Waals surface area contributed by atoms with E-state index >= 15 is 0 Å². The lowest BCUT2D eigenvalue weighted by Crippen LogP contribution is -2.73. The van der Waals surface area contributed by atoms with Crippen molar-refractivity contribution in [2.24, 2.45) is 22.7 Å². The van der Waals surface area contributed by atoms with E-state index in [1.807, 2.05) is 32.9 Å². The summed E-state index contributed by atoms with van der Waals surface area (Å²) in [6.07, 6.45) is 5.64. The lowest BCUT2D eigenvalue weighted by atomic mass is 9.43. The number of esters is 1. The second-order valence-electron chi connectivity index (χ2n) is 12.4. The third-order valence-corrected chi connectivity index (χ3v) is 11.4. The summed E-state index contributed by atoms with van der Waals surface area (Å²) in [5.74, 6) is -1.17. The number of cyclic esters (lactones) is 1. The molecule has 0 bridgehead atoms. The molecule has 1 aliphatic heterocycles. The van der Waals surface area contributed by atoms with Gasteiger partial charge >= 0.3 is 5.97 Å². The molecule has 36 heavy (non-hydrogen) atoms. The topological polar surface area (TPSA) is 124 Å². The van der Waals surface area contributed by atoms with Gasteiger partial charge in [0.25, 0.3) is 0 Å². The molecule has 5 aliphatic rings. The van der Waals surface area contributed by atoms with E-state index in [0.717, 1.165) is 11.1 Å². The van der Waals surface area contributed by atoms with Crippen molar-refractivity contribution in [3.63, 3.8) is 0 Å². The maximum atomic E-state index is 13.2. The minimum Gasteiger partial charge on any atom is -0.455 e. The number of hydrogen-bond donors (Lipinski definition) is 4. The fraction of sp³-hybridized carbons (Fsp3) is 0.724. The molecular weight excluding hydrogens is 460 g/mol. The van der Waals surface area contributed by atoms with Crippen LogP contribution in [0.3, 0.4) is 0 Å². The normalized spacial score (nSPS) is 48.0. The van der Waals surface area contributed by atoms with E-state index in [1.165, 1.54) is 6.92 Å². The first kappa shape index (κ1) is 25.8. The number of hydrogen-bond acceptors (Lipinski definition) is 7. The molecule has 4 aliphatic carbocycles. The number of carbonyl (C=O) groups excluding carboxylic acids is 2. The lowest BCUT2D eigenvalue weighted by Gasteiger charge is -2.64. The number of ether oxygens (including phenoxy) is 1. The van der Waals surface area contributed by atoms with Crippen LogP contribution in [0, 0.1) is 22.7 Å². The molecule has 0 aromatic carbocycles. The molecule has 2 fully saturated rings. The Balaban J connectivity index is 1.60. The van der Waals surface area contributed by atoms with Gasteiger partial charge in [-0.3, -0.25) is 4.79 Å². The van der Waals surface area contributed by atoms with E-state index in [2.05, 4.69) is 0 Å². The number of rotatable bonds is 3. The van der Waals surface area contributed by atoms with Gasteiger partial charge in [-0.2, -0.15) is 0 Å². The second-order valence-corrected chi connectivity index (χ2v) is 12.4. The predicted octanol–water partition coefficient (Wildman–Crippen LogP) is 2.90. The van der Waals surface area contributed by atoms with E-state index in [1.54, 1.807) is 13.0 Å². The molecule has 0 aromatic heterocycles. The van der Waals surface area contributed by atoms with Gasteiger partial charge in [0.15, 0.2) is 5.78 Å². The summed E-state index contributed by atoms with van der Waals surface area (Å²) in [4.78, 5) is 25.7. The smallest absolute Gasteiger partial charge is 0.334 e. The van der Waals surface area contributed by atoms with E-state index in [-0.39, 0.29) is 24.5 Å². The molecule has 0 aromatic rings. The van der Waals surface area contributed by atoms with Gasteiger partial charge in [0.2, 0.25) is 0 Å². The number of carbonyl (C=O) groups is 2. The van der Waals surface area contributed by atoms with Crippen LogP contribution in [-0.2, 0) is 14.3 Å². The number of aliphatic hydroxyl groups excluding tert-OH is 1. The molecule has 1 heterocycles. The third-order valence-electron chi connectivity index (χ3n) is 11.4. The Bertz CT molecular complexity index is 1100. The molecule has 0 saturated heterocycles. The highest BCUT2D eigenvalue weighted by molar-refractivity contribution is 5.98. The maximum absolute atomic E-state index is 13.2. The molecule has 2 saturated carbocycles. The van der Waals surface area contributed by atoms with Gasteiger partial charge in [0.1, 0.15) is 22.9 Å². The summed E-state index contributed by atoms with van der Waals surface area (Å²) >= 11 is 0.